The highest BCUT2D eigenvalue weighted by Crippen LogP contribution is 2.38. The maximum atomic E-state index is 3.58. The lowest BCUT2D eigenvalue weighted by atomic mass is 9.98. The topological polar surface area (TPSA) is 15.8 Å². The summed E-state index contributed by atoms with van der Waals surface area (Å²) in [7, 11) is 0. The van der Waals surface area contributed by atoms with Crippen LogP contribution in [-0.4, -0.2) is 4.98 Å². The van der Waals surface area contributed by atoms with Gasteiger partial charge in [-0.15, -0.1) is 0 Å². The van der Waals surface area contributed by atoms with Gasteiger partial charge in [0.05, 0.1) is 0 Å². The van der Waals surface area contributed by atoms with Gasteiger partial charge in [-0.2, -0.15) is 0 Å². The van der Waals surface area contributed by atoms with E-state index in [2.05, 4.69) is 59.6 Å². The first kappa shape index (κ1) is 9.95. The zero-order valence-electron chi connectivity index (χ0n) is 10.2. The van der Waals surface area contributed by atoms with Crippen molar-refractivity contribution in [3.05, 3.63) is 71.4 Å². The minimum absolute atomic E-state index is 0.550. The van der Waals surface area contributed by atoms with Crippen LogP contribution in [0.5, 0.6) is 0 Å². The summed E-state index contributed by atoms with van der Waals surface area (Å²) in [5.41, 5.74) is 5.63. The van der Waals surface area contributed by atoms with Crippen molar-refractivity contribution in [1.82, 2.24) is 4.98 Å². The van der Waals surface area contributed by atoms with Gasteiger partial charge in [-0.05, 0) is 41.5 Å². The van der Waals surface area contributed by atoms with Gasteiger partial charge >= 0.3 is 0 Å². The van der Waals surface area contributed by atoms with Gasteiger partial charge in [0.25, 0.3) is 0 Å². The zero-order chi connectivity index (χ0) is 11.9. The molecule has 1 unspecified atom stereocenters. The Morgan fingerprint density at radius 3 is 2.72 bits per heavy atom. The van der Waals surface area contributed by atoms with E-state index in [1.807, 2.05) is 0 Å². The SMILES string of the molecule is c1ccc2c(c1)CCC2c1cc2ccccc2[nH]1. The molecule has 0 saturated carbocycles. The van der Waals surface area contributed by atoms with Crippen LogP contribution in [0.15, 0.2) is 54.6 Å². The van der Waals surface area contributed by atoms with Crippen LogP contribution in [0.25, 0.3) is 10.9 Å². The van der Waals surface area contributed by atoms with E-state index in [0.717, 1.165) is 0 Å². The van der Waals surface area contributed by atoms with Crippen LogP contribution < -0.4 is 0 Å². The van der Waals surface area contributed by atoms with E-state index in [1.54, 1.807) is 0 Å². The third-order valence-electron chi connectivity index (χ3n) is 4.06. The Hall–Kier alpha value is -2.02. The van der Waals surface area contributed by atoms with Crippen LogP contribution in [0.1, 0.15) is 29.2 Å². The second-order valence-electron chi connectivity index (χ2n) is 5.10. The average molecular weight is 233 g/mol. The van der Waals surface area contributed by atoms with Gasteiger partial charge in [0.2, 0.25) is 0 Å². The number of fused-ring (bicyclic) bond motifs is 2. The molecule has 88 valence electrons. The number of aromatic nitrogens is 1. The highest BCUT2D eigenvalue weighted by Gasteiger charge is 2.24. The third-order valence-corrected chi connectivity index (χ3v) is 4.06. The quantitative estimate of drug-likeness (QED) is 0.647. The summed E-state index contributed by atoms with van der Waals surface area (Å²) in [5, 5.41) is 1.32. The highest BCUT2D eigenvalue weighted by molar-refractivity contribution is 5.80. The fourth-order valence-electron chi connectivity index (χ4n) is 3.16. The van der Waals surface area contributed by atoms with E-state index in [-0.39, 0.29) is 0 Å². The summed E-state index contributed by atoms with van der Waals surface area (Å²) in [5.74, 6) is 0.550. The number of aryl methyl sites for hydroxylation is 1. The molecule has 0 amide bonds. The summed E-state index contributed by atoms with van der Waals surface area (Å²) in [6, 6.07) is 19.7. The predicted octanol–water partition coefficient (Wildman–Crippen LogP) is 4.25. The molecule has 0 aliphatic heterocycles. The monoisotopic (exact) mass is 233 g/mol. The zero-order valence-corrected chi connectivity index (χ0v) is 10.2. The summed E-state index contributed by atoms with van der Waals surface area (Å²) in [6.45, 7) is 0. The predicted molar refractivity (Wildman–Crippen MR) is 74.9 cm³/mol. The normalized spacial score (nSPS) is 18.1. The Balaban J connectivity index is 1.85. The maximum absolute atomic E-state index is 3.58. The molecular formula is C17H15N. The van der Waals surface area contributed by atoms with E-state index in [1.165, 1.54) is 40.6 Å². The van der Waals surface area contributed by atoms with Crippen LogP contribution in [-0.2, 0) is 6.42 Å². The summed E-state index contributed by atoms with van der Waals surface area (Å²) >= 11 is 0. The van der Waals surface area contributed by atoms with E-state index < -0.39 is 0 Å². The van der Waals surface area contributed by atoms with Crippen LogP contribution in [0, 0.1) is 0 Å². The first-order chi connectivity index (χ1) is 8.92. The van der Waals surface area contributed by atoms with Crippen molar-refractivity contribution < 1.29 is 0 Å². The van der Waals surface area contributed by atoms with E-state index in [0.29, 0.717) is 5.92 Å². The summed E-state index contributed by atoms with van der Waals surface area (Å²) in [4.78, 5) is 3.58. The lowest BCUT2D eigenvalue weighted by Crippen LogP contribution is -1.95. The molecule has 3 aromatic rings. The van der Waals surface area contributed by atoms with Gasteiger partial charge in [0.15, 0.2) is 0 Å². The van der Waals surface area contributed by atoms with Crippen molar-refractivity contribution in [2.75, 3.05) is 0 Å². The third kappa shape index (κ3) is 1.40. The maximum Gasteiger partial charge on any atom is 0.0456 e. The molecule has 0 fully saturated rings. The van der Waals surface area contributed by atoms with Crippen LogP contribution in [0.3, 0.4) is 0 Å². The summed E-state index contributed by atoms with van der Waals surface area (Å²) in [6.07, 6.45) is 2.43. The second-order valence-corrected chi connectivity index (χ2v) is 5.10. The van der Waals surface area contributed by atoms with Gasteiger partial charge in [0, 0.05) is 17.1 Å². The molecule has 0 bridgehead atoms. The Morgan fingerprint density at radius 2 is 1.78 bits per heavy atom. The largest absolute Gasteiger partial charge is 0.358 e. The molecule has 1 nitrogen and oxygen atoms in total. The van der Waals surface area contributed by atoms with Gasteiger partial charge in [0.1, 0.15) is 0 Å². The molecule has 1 heterocycles. The smallest absolute Gasteiger partial charge is 0.0456 e. The molecule has 1 aromatic heterocycles. The number of benzene rings is 2. The molecule has 1 aliphatic carbocycles. The molecule has 1 atom stereocenters. The highest BCUT2D eigenvalue weighted by atomic mass is 14.7. The molecule has 0 spiro atoms. The van der Waals surface area contributed by atoms with E-state index in [4.69, 9.17) is 0 Å². The van der Waals surface area contributed by atoms with Crippen LogP contribution in [0.4, 0.5) is 0 Å². The van der Waals surface area contributed by atoms with E-state index in [9.17, 15) is 0 Å². The molecule has 1 heteroatoms. The number of hydrogen-bond donors (Lipinski definition) is 1. The number of aromatic amines is 1. The molecule has 2 aromatic carbocycles. The van der Waals surface area contributed by atoms with Gasteiger partial charge in [-0.1, -0.05) is 42.5 Å². The molecular weight excluding hydrogens is 218 g/mol. The Morgan fingerprint density at radius 1 is 0.944 bits per heavy atom. The van der Waals surface area contributed by atoms with E-state index >= 15 is 0 Å². The minimum atomic E-state index is 0.550. The lowest BCUT2D eigenvalue weighted by molar-refractivity contribution is 0.769. The number of nitrogens with one attached hydrogen (secondary N) is 1. The van der Waals surface area contributed by atoms with Crippen LogP contribution in [0.2, 0.25) is 0 Å². The number of H-pyrrole nitrogens is 1. The molecule has 1 N–H and O–H groups in total. The van der Waals surface area contributed by atoms with Gasteiger partial charge in [-0.3, -0.25) is 0 Å². The fourth-order valence-corrected chi connectivity index (χ4v) is 3.16. The Bertz CT molecular complexity index is 675. The minimum Gasteiger partial charge on any atom is -0.358 e. The van der Waals surface area contributed by atoms with Crippen molar-refractivity contribution in [2.45, 2.75) is 18.8 Å². The second kappa shape index (κ2) is 3.74. The number of hydrogen-bond acceptors (Lipinski definition) is 0. The van der Waals surface area contributed by atoms with Crippen molar-refractivity contribution in [3.63, 3.8) is 0 Å². The summed E-state index contributed by atoms with van der Waals surface area (Å²) < 4.78 is 0. The number of rotatable bonds is 1. The molecule has 1 aliphatic rings. The molecule has 0 radical (unpaired) electrons. The van der Waals surface area contributed by atoms with Crippen LogP contribution >= 0.6 is 0 Å². The molecule has 18 heavy (non-hydrogen) atoms. The standard InChI is InChI=1S/C17H15N/c1-3-7-14-12(5-1)9-10-15(14)17-11-13-6-2-4-8-16(13)18-17/h1-8,11,15,18H,9-10H2. The van der Waals surface area contributed by atoms with Crippen molar-refractivity contribution in [2.24, 2.45) is 0 Å². The fraction of sp³-hybridized carbons (Fsp3) is 0.176. The average Bonchev–Trinajstić information content (AvgIpc) is 3.02. The number of para-hydroxylation sites is 1. The van der Waals surface area contributed by atoms with Crippen molar-refractivity contribution in [3.8, 4) is 0 Å². The van der Waals surface area contributed by atoms with Gasteiger partial charge in [-0.25, -0.2) is 0 Å². The molecule has 4 rings (SSSR count). The first-order valence-corrected chi connectivity index (χ1v) is 6.57. The van der Waals surface area contributed by atoms with Crippen molar-refractivity contribution in [1.29, 1.82) is 0 Å². The van der Waals surface area contributed by atoms with Crippen molar-refractivity contribution >= 4 is 10.9 Å². The molecule has 0 saturated heterocycles. The first-order valence-electron chi connectivity index (χ1n) is 6.57. The Kier molecular flexibility index (Phi) is 2.07. The van der Waals surface area contributed by atoms with Gasteiger partial charge < -0.3 is 4.98 Å². The Labute approximate surface area is 106 Å². The lowest BCUT2D eigenvalue weighted by Gasteiger charge is -2.09.